The molecule has 1 unspecified atom stereocenters. The number of nitrogens with zero attached hydrogens (tertiary/aromatic N) is 1. The predicted molar refractivity (Wildman–Crippen MR) is 75.1 cm³/mol. The Kier molecular flexibility index (Phi) is 5.15. The maximum atomic E-state index is 12.1. The Balaban J connectivity index is 2.86. The molecule has 1 atom stereocenters. The minimum absolute atomic E-state index is 0.118. The van der Waals surface area contributed by atoms with Gasteiger partial charge < -0.3 is 4.90 Å². The highest BCUT2D eigenvalue weighted by Gasteiger charge is 2.21. The van der Waals surface area contributed by atoms with Crippen LogP contribution in [-0.4, -0.2) is 40.0 Å². The second kappa shape index (κ2) is 5.79. The van der Waals surface area contributed by atoms with Gasteiger partial charge in [0.1, 0.15) is 0 Å². The summed E-state index contributed by atoms with van der Waals surface area (Å²) < 4.78 is 27.7. The monoisotopic (exact) mass is 340 g/mol. The van der Waals surface area contributed by atoms with Crippen molar-refractivity contribution in [2.24, 2.45) is 0 Å². The Morgan fingerprint density at radius 3 is 2.53 bits per heavy atom. The van der Waals surface area contributed by atoms with Crippen LogP contribution in [0.15, 0.2) is 14.7 Å². The molecule has 0 aromatic carbocycles. The number of hydrogen-bond acceptors (Lipinski definition) is 4. The number of hydrogen-bond donors (Lipinski definition) is 1. The maximum Gasteiger partial charge on any atom is 0.241 e. The molecule has 0 saturated carbocycles. The molecule has 0 amide bonds. The van der Waals surface area contributed by atoms with E-state index in [-0.39, 0.29) is 6.04 Å². The molecule has 0 spiro atoms. The molecule has 0 aliphatic heterocycles. The van der Waals surface area contributed by atoms with Crippen LogP contribution in [0.4, 0.5) is 0 Å². The third kappa shape index (κ3) is 4.33. The summed E-state index contributed by atoms with van der Waals surface area (Å²) in [6, 6.07) is 1.53. The number of thiophene rings is 1. The van der Waals surface area contributed by atoms with Gasteiger partial charge in [-0.25, -0.2) is 13.1 Å². The van der Waals surface area contributed by atoms with E-state index in [1.54, 1.807) is 13.0 Å². The first kappa shape index (κ1) is 15.1. The third-order valence-corrected chi connectivity index (χ3v) is 5.53. The molecule has 98 valence electrons. The van der Waals surface area contributed by atoms with Crippen LogP contribution in [0.25, 0.3) is 0 Å². The van der Waals surface area contributed by atoms with Crippen molar-refractivity contribution in [2.75, 3.05) is 20.6 Å². The van der Waals surface area contributed by atoms with Gasteiger partial charge in [0.25, 0.3) is 0 Å². The first-order valence-electron chi connectivity index (χ1n) is 5.15. The zero-order valence-corrected chi connectivity index (χ0v) is 13.5. The average molecular weight is 341 g/mol. The molecule has 1 aromatic rings. The fraction of sp³-hybridized carbons (Fsp3) is 0.600. The van der Waals surface area contributed by atoms with E-state index in [1.165, 1.54) is 11.3 Å². The number of nitrogens with one attached hydrogen (secondary N) is 1. The summed E-state index contributed by atoms with van der Waals surface area (Å²) in [6.07, 6.45) is 0. The van der Waals surface area contributed by atoms with Crippen LogP contribution in [-0.2, 0) is 10.0 Å². The van der Waals surface area contributed by atoms with Crippen molar-refractivity contribution in [3.63, 3.8) is 0 Å². The van der Waals surface area contributed by atoms with Crippen LogP contribution in [0.2, 0.25) is 0 Å². The van der Waals surface area contributed by atoms with E-state index in [2.05, 4.69) is 20.7 Å². The summed E-state index contributed by atoms with van der Waals surface area (Å²) in [5.74, 6) is 0. The quantitative estimate of drug-likeness (QED) is 0.892. The molecular weight excluding hydrogens is 324 g/mol. The van der Waals surface area contributed by atoms with E-state index in [4.69, 9.17) is 0 Å². The first-order valence-corrected chi connectivity index (χ1v) is 8.24. The number of aryl methyl sites for hydroxylation is 1. The van der Waals surface area contributed by atoms with E-state index in [0.717, 1.165) is 8.66 Å². The Bertz CT molecular complexity index is 482. The lowest BCUT2D eigenvalue weighted by Crippen LogP contribution is -2.39. The molecule has 7 heteroatoms. The van der Waals surface area contributed by atoms with Crippen LogP contribution in [0.1, 0.15) is 11.8 Å². The number of rotatable bonds is 5. The molecule has 0 saturated heterocycles. The summed E-state index contributed by atoms with van der Waals surface area (Å²) in [5, 5.41) is 0. The fourth-order valence-electron chi connectivity index (χ4n) is 1.61. The van der Waals surface area contributed by atoms with Crippen LogP contribution in [0.5, 0.6) is 0 Å². The summed E-state index contributed by atoms with van der Waals surface area (Å²) in [6.45, 7) is 4.33. The molecule has 0 fully saturated rings. The van der Waals surface area contributed by atoms with E-state index in [0.29, 0.717) is 11.4 Å². The minimum atomic E-state index is -3.41. The van der Waals surface area contributed by atoms with Gasteiger partial charge in [-0.2, -0.15) is 0 Å². The van der Waals surface area contributed by atoms with Gasteiger partial charge in [0.15, 0.2) is 0 Å². The molecule has 1 N–H and O–H groups in total. The average Bonchev–Trinajstić information content (AvgIpc) is 2.42. The normalized spacial score (nSPS) is 14.2. The van der Waals surface area contributed by atoms with Crippen molar-refractivity contribution >= 4 is 37.3 Å². The molecule has 4 nitrogen and oxygen atoms in total. The number of sulfonamides is 1. The summed E-state index contributed by atoms with van der Waals surface area (Å²) in [5.41, 5.74) is 0. The van der Waals surface area contributed by atoms with Crippen LogP contribution >= 0.6 is 27.3 Å². The molecular formula is C10H17BrN2O2S2. The Hall–Kier alpha value is 0.0500. The van der Waals surface area contributed by atoms with Gasteiger partial charge in [0, 0.05) is 17.5 Å². The lowest BCUT2D eigenvalue weighted by molar-refractivity contribution is 0.370. The molecule has 1 heterocycles. The van der Waals surface area contributed by atoms with Crippen LogP contribution < -0.4 is 4.72 Å². The van der Waals surface area contributed by atoms with Crippen molar-refractivity contribution in [1.29, 1.82) is 0 Å². The van der Waals surface area contributed by atoms with Crippen molar-refractivity contribution in [2.45, 2.75) is 24.8 Å². The van der Waals surface area contributed by atoms with Gasteiger partial charge in [0.2, 0.25) is 10.0 Å². The van der Waals surface area contributed by atoms with Crippen LogP contribution in [0.3, 0.4) is 0 Å². The maximum absolute atomic E-state index is 12.1. The molecule has 17 heavy (non-hydrogen) atoms. The minimum Gasteiger partial charge on any atom is -0.308 e. The molecule has 0 aliphatic rings. The van der Waals surface area contributed by atoms with Gasteiger partial charge in [0.05, 0.1) is 8.68 Å². The number of halogens is 1. The highest BCUT2D eigenvalue weighted by Crippen LogP contribution is 2.29. The Morgan fingerprint density at radius 2 is 2.12 bits per heavy atom. The summed E-state index contributed by atoms with van der Waals surface area (Å²) in [7, 11) is 0.417. The molecule has 1 rings (SSSR count). The third-order valence-electron chi connectivity index (χ3n) is 2.13. The second-order valence-electron chi connectivity index (χ2n) is 4.26. The topological polar surface area (TPSA) is 49.4 Å². The highest BCUT2D eigenvalue weighted by atomic mass is 79.9. The largest absolute Gasteiger partial charge is 0.308 e. The Morgan fingerprint density at radius 1 is 1.53 bits per heavy atom. The van der Waals surface area contributed by atoms with E-state index in [1.807, 2.05) is 25.9 Å². The van der Waals surface area contributed by atoms with E-state index >= 15 is 0 Å². The lowest BCUT2D eigenvalue weighted by Gasteiger charge is -2.18. The lowest BCUT2D eigenvalue weighted by atomic mass is 10.3. The zero-order chi connectivity index (χ0) is 13.2. The number of likely N-dealkylation sites (N-methyl/N-ethyl adjacent to an activating group) is 1. The van der Waals surface area contributed by atoms with Crippen molar-refractivity contribution < 1.29 is 8.42 Å². The second-order valence-corrected chi connectivity index (χ2v) is 8.57. The SMILES string of the molecule is Cc1sc(Br)cc1S(=O)(=O)NC(C)CN(C)C. The van der Waals surface area contributed by atoms with Gasteiger partial charge in [-0.05, 0) is 49.9 Å². The molecule has 1 aromatic heterocycles. The molecule has 0 radical (unpaired) electrons. The van der Waals surface area contributed by atoms with Gasteiger partial charge >= 0.3 is 0 Å². The Labute approximate surface area is 115 Å². The van der Waals surface area contributed by atoms with Gasteiger partial charge in [-0.15, -0.1) is 11.3 Å². The summed E-state index contributed by atoms with van der Waals surface area (Å²) in [4.78, 5) is 3.10. The van der Waals surface area contributed by atoms with Gasteiger partial charge in [-0.3, -0.25) is 0 Å². The fourth-order valence-corrected chi connectivity index (χ4v) is 5.26. The zero-order valence-electron chi connectivity index (χ0n) is 10.3. The first-order chi connectivity index (χ1) is 7.72. The summed E-state index contributed by atoms with van der Waals surface area (Å²) >= 11 is 4.72. The van der Waals surface area contributed by atoms with Crippen molar-refractivity contribution in [3.05, 3.63) is 14.7 Å². The van der Waals surface area contributed by atoms with E-state index < -0.39 is 10.0 Å². The van der Waals surface area contributed by atoms with E-state index in [9.17, 15) is 8.42 Å². The molecule has 0 bridgehead atoms. The van der Waals surface area contributed by atoms with Crippen molar-refractivity contribution in [3.8, 4) is 0 Å². The predicted octanol–water partition coefficient (Wildman–Crippen LogP) is 2.05. The molecule has 0 aliphatic carbocycles. The smallest absolute Gasteiger partial charge is 0.241 e. The van der Waals surface area contributed by atoms with Gasteiger partial charge in [-0.1, -0.05) is 0 Å². The highest BCUT2D eigenvalue weighted by molar-refractivity contribution is 9.11. The van der Waals surface area contributed by atoms with Crippen molar-refractivity contribution in [1.82, 2.24) is 9.62 Å². The standard InChI is InChI=1S/C10H17BrN2O2S2/c1-7(6-13(3)4)12-17(14,15)9-5-10(11)16-8(9)2/h5,7,12H,6H2,1-4H3. The van der Waals surface area contributed by atoms with Crippen LogP contribution in [0, 0.1) is 6.92 Å².